The van der Waals surface area contributed by atoms with Gasteiger partial charge in [-0.05, 0) is 39.0 Å². The molecular formula is C15H29NO2. The van der Waals surface area contributed by atoms with Gasteiger partial charge in [-0.1, -0.05) is 19.8 Å². The van der Waals surface area contributed by atoms with Gasteiger partial charge >= 0.3 is 0 Å². The molecule has 2 atom stereocenters. The first-order valence-electron chi connectivity index (χ1n) is 7.72. The number of nitrogens with one attached hydrogen (secondary N) is 1. The molecule has 2 heterocycles. The number of rotatable bonds is 5. The molecule has 2 aliphatic heterocycles. The highest BCUT2D eigenvalue weighted by atomic mass is 16.5. The minimum absolute atomic E-state index is 0.124. The Kier molecular flexibility index (Phi) is 5.46. The van der Waals surface area contributed by atoms with Crippen LogP contribution < -0.4 is 5.32 Å². The molecule has 0 aromatic carbocycles. The fraction of sp³-hybridized carbons (Fsp3) is 1.00. The Bertz CT molecular complexity index is 233. The summed E-state index contributed by atoms with van der Waals surface area (Å²) < 4.78 is 11.5. The van der Waals surface area contributed by atoms with Gasteiger partial charge in [0.25, 0.3) is 0 Å². The van der Waals surface area contributed by atoms with Gasteiger partial charge < -0.3 is 14.8 Å². The Labute approximate surface area is 112 Å². The molecule has 0 aromatic heterocycles. The lowest BCUT2D eigenvalue weighted by molar-refractivity contribution is -0.140. The van der Waals surface area contributed by atoms with E-state index in [9.17, 15) is 0 Å². The fourth-order valence-corrected chi connectivity index (χ4v) is 3.26. The highest BCUT2D eigenvalue weighted by Crippen LogP contribution is 2.34. The molecule has 0 bridgehead atoms. The molecule has 0 aromatic rings. The van der Waals surface area contributed by atoms with Crippen molar-refractivity contribution in [3.05, 3.63) is 0 Å². The van der Waals surface area contributed by atoms with Crippen molar-refractivity contribution in [2.45, 2.75) is 76.5 Å². The van der Waals surface area contributed by atoms with Crippen molar-refractivity contribution >= 4 is 0 Å². The second kappa shape index (κ2) is 6.88. The molecule has 18 heavy (non-hydrogen) atoms. The Morgan fingerprint density at radius 1 is 1.28 bits per heavy atom. The Hall–Kier alpha value is -0.120. The topological polar surface area (TPSA) is 30.5 Å². The monoisotopic (exact) mass is 255 g/mol. The predicted molar refractivity (Wildman–Crippen MR) is 73.9 cm³/mol. The van der Waals surface area contributed by atoms with E-state index in [0.717, 1.165) is 32.7 Å². The van der Waals surface area contributed by atoms with Gasteiger partial charge in [0, 0.05) is 31.9 Å². The summed E-state index contributed by atoms with van der Waals surface area (Å²) in [6, 6.07) is 1.29. The average Bonchev–Trinajstić information content (AvgIpc) is 2.37. The van der Waals surface area contributed by atoms with Gasteiger partial charge in [0.2, 0.25) is 0 Å². The molecule has 2 fully saturated rings. The summed E-state index contributed by atoms with van der Waals surface area (Å²) in [7, 11) is 0. The molecule has 2 aliphatic rings. The molecule has 3 nitrogen and oxygen atoms in total. The molecule has 0 saturated carbocycles. The largest absolute Gasteiger partial charge is 0.381 e. The SMILES string of the molecule is CCCCC(C)NC1CCOC2(CCOCC2)C1. The molecule has 3 heteroatoms. The highest BCUT2D eigenvalue weighted by Gasteiger charge is 2.39. The molecule has 0 aliphatic carbocycles. The quantitative estimate of drug-likeness (QED) is 0.819. The van der Waals surface area contributed by atoms with E-state index in [1.54, 1.807) is 0 Å². The molecule has 106 valence electrons. The van der Waals surface area contributed by atoms with Gasteiger partial charge in [-0.2, -0.15) is 0 Å². The minimum atomic E-state index is 0.124. The van der Waals surface area contributed by atoms with Crippen molar-refractivity contribution in [3.8, 4) is 0 Å². The highest BCUT2D eigenvalue weighted by molar-refractivity contribution is 4.92. The van der Waals surface area contributed by atoms with E-state index in [1.165, 1.54) is 32.1 Å². The normalized spacial score (nSPS) is 29.3. The van der Waals surface area contributed by atoms with Crippen LogP contribution >= 0.6 is 0 Å². The average molecular weight is 255 g/mol. The number of ether oxygens (including phenoxy) is 2. The lowest BCUT2D eigenvalue weighted by Crippen LogP contribution is -2.51. The Balaban J connectivity index is 1.79. The number of unbranched alkanes of at least 4 members (excludes halogenated alkanes) is 1. The minimum Gasteiger partial charge on any atom is -0.381 e. The molecule has 1 N–H and O–H groups in total. The van der Waals surface area contributed by atoms with E-state index in [4.69, 9.17) is 9.47 Å². The molecule has 2 saturated heterocycles. The van der Waals surface area contributed by atoms with E-state index in [0.29, 0.717) is 12.1 Å². The van der Waals surface area contributed by atoms with E-state index in [2.05, 4.69) is 19.2 Å². The second-order valence-corrected chi connectivity index (χ2v) is 6.04. The molecular weight excluding hydrogens is 226 g/mol. The maximum absolute atomic E-state index is 6.08. The van der Waals surface area contributed by atoms with Crippen molar-refractivity contribution in [1.82, 2.24) is 5.32 Å². The summed E-state index contributed by atoms with van der Waals surface area (Å²) in [6.45, 7) is 7.24. The molecule has 0 amide bonds. The van der Waals surface area contributed by atoms with Gasteiger partial charge in [-0.15, -0.1) is 0 Å². The molecule has 2 unspecified atom stereocenters. The molecule has 0 radical (unpaired) electrons. The van der Waals surface area contributed by atoms with E-state index >= 15 is 0 Å². The van der Waals surface area contributed by atoms with Crippen LogP contribution in [0.4, 0.5) is 0 Å². The van der Waals surface area contributed by atoms with Gasteiger partial charge in [0.15, 0.2) is 0 Å². The fourth-order valence-electron chi connectivity index (χ4n) is 3.26. The third-order valence-corrected chi connectivity index (χ3v) is 4.41. The first-order chi connectivity index (χ1) is 8.74. The summed E-state index contributed by atoms with van der Waals surface area (Å²) in [5.41, 5.74) is 0.124. The van der Waals surface area contributed by atoms with Crippen LogP contribution in [0.25, 0.3) is 0 Å². The van der Waals surface area contributed by atoms with Crippen LogP contribution in [0.2, 0.25) is 0 Å². The van der Waals surface area contributed by atoms with Crippen LogP contribution in [0, 0.1) is 0 Å². The van der Waals surface area contributed by atoms with Gasteiger partial charge in [0.05, 0.1) is 5.60 Å². The van der Waals surface area contributed by atoms with Crippen LogP contribution in [-0.4, -0.2) is 37.5 Å². The summed E-state index contributed by atoms with van der Waals surface area (Å²) in [5, 5.41) is 3.80. The predicted octanol–water partition coefficient (Wildman–Crippen LogP) is 2.88. The third kappa shape index (κ3) is 3.94. The van der Waals surface area contributed by atoms with E-state index < -0.39 is 0 Å². The number of hydrogen-bond donors (Lipinski definition) is 1. The van der Waals surface area contributed by atoms with Crippen LogP contribution in [-0.2, 0) is 9.47 Å². The van der Waals surface area contributed by atoms with Gasteiger partial charge in [-0.3, -0.25) is 0 Å². The third-order valence-electron chi connectivity index (χ3n) is 4.41. The van der Waals surface area contributed by atoms with Gasteiger partial charge in [-0.25, -0.2) is 0 Å². The lowest BCUT2D eigenvalue weighted by atomic mass is 9.84. The summed E-state index contributed by atoms with van der Waals surface area (Å²) in [6.07, 6.45) is 8.41. The zero-order valence-corrected chi connectivity index (χ0v) is 12.0. The van der Waals surface area contributed by atoms with Crippen molar-refractivity contribution in [2.24, 2.45) is 0 Å². The van der Waals surface area contributed by atoms with Crippen molar-refractivity contribution < 1.29 is 9.47 Å². The van der Waals surface area contributed by atoms with Crippen molar-refractivity contribution in [3.63, 3.8) is 0 Å². The Morgan fingerprint density at radius 2 is 2.06 bits per heavy atom. The van der Waals surface area contributed by atoms with E-state index in [-0.39, 0.29) is 5.60 Å². The number of hydrogen-bond acceptors (Lipinski definition) is 3. The molecule has 1 spiro atoms. The van der Waals surface area contributed by atoms with Crippen LogP contribution in [0.5, 0.6) is 0 Å². The summed E-state index contributed by atoms with van der Waals surface area (Å²) in [4.78, 5) is 0. The summed E-state index contributed by atoms with van der Waals surface area (Å²) >= 11 is 0. The second-order valence-electron chi connectivity index (χ2n) is 6.04. The van der Waals surface area contributed by atoms with Crippen LogP contribution in [0.3, 0.4) is 0 Å². The zero-order valence-electron chi connectivity index (χ0n) is 12.0. The maximum Gasteiger partial charge on any atom is 0.0741 e. The van der Waals surface area contributed by atoms with Gasteiger partial charge in [0.1, 0.15) is 0 Å². The first kappa shape index (κ1) is 14.3. The van der Waals surface area contributed by atoms with Crippen molar-refractivity contribution in [2.75, 3.05) is 19.8 Å². The van der Waals surface area contributed by atoms with E-state index in [1.807, 2.05) is 0 Å². The maximum atomic E-state index is 6.08. The van der Waals surface area contributed by atoms with Crippen LogP contribution in [0.15, 0.2) is 0 Å². The van der Waals surface area contributed by atoms with Crippen molar-refractivity contribution in [1.29, 1.82) is 0 Å². The zero-order chi connectivity index (χ0) is 12.8. The summed E-state index contributed by atoms with van der Waals surface area (Å²) in [5.74, 6) is 0. The smallest absolute Gasteiger partial charge is 0.0741 e. The van der Waals surface area contributed by atoms with Crippen LogP contribution in [0.1, 0.15) is 58.8 Å². The first-order valence-corrected chi connectivity index (χ1v) is 7.72. The molecule has 2 rings (SSSR count). The lowest BCUT2D eigenvalue weighted by Gasteiger charge is -2.44. The Morgan fingerprint density at radius 3 is 2.78 bits per heavy atom. The standard InChI is InChI=1S/C15H29NO2/c1-3-4-5-13(2)16-14-6-9-18-15(12-14)7-10-17-11-8-15/h13-14,16H,3-12H2,1-2H3.